The van der Waals surface area contributed by atoms with Crippen molar-refractivity contribution in [3.05, 3.63) is 261 Å². The van der Waals surface area contributed by atoms with E-state index in [0.29, 0.717) is 0 Å². The minimum Gasteiger partial charge on any atom is -0.310 e. The van der Waals surface area contributed by atoms with Crippen molar-refractivity contribution < 1.29 is 0 Å². The first-order valence-electron chi connectivity index (χ1n) is 22.4. The highest BCUT2D eigenvalue weighted by Gasteiger charge is 2.18. The number of anilines is 3. The standard InChI is InChI=1S/C64H43N/c1-4-16-45(17-5-1)54-39-33-50(42-62(54)46-18-6-2-7-19-46)44-28-34-51(35-29-44)65(53-38-41-61-59-26-13-12-24-57(59)58-25-14-15-27-60(58)63(61)43-53)52-36-30-48(31-37-52)56-40-32-47-20-10-11-23-55(47)64(56)49-21-8-3-9-22-49/h1-43H. The topological polar surface area (TPSA) is 3.24 Å². The second kappa shape index (κ2) is 16.3. The quantitative estimate of drug-likeness (QED) is 0.138. The first-order valence-corrected chi connectivity index (χ1v) is 22.4. The molecule has 12 aromatic rings. The van der Waals surface area contributed by atoms with E-state index in [0.717, 1.165) is 17.1 Å². The largest absolute Gasteiger partial charge is 0.310 e. The Hall–Kier alpha value is -8.52. The predicted molar refractivity (Wildman–Crippen MR) is 278 cm³/mol. The third kappa shape index (κ3) is 6.92. The number of nitrogens with zero attached hydrogens (tertiary/aromatic N) is 1. The summed E-state index contributed by atoms with van der Waals surface area (Å²) >= 11 is 0. The smallest absolute Gasteiger partial charge is 0.0468 e. The van der Waals surface area contributed by atoms with Crippen LogP contribution < -0.4 is 4.90 Å². The molecular formula is C64H43N. The van der Waals surface area contributed by atoms with Crippen molar-refractivity contribution in [2.24, 2.45) is 0 Å². The predicted octanol–water partition coefficient (Wildman–Crippen LogP) is 18.1. The highest BCUT2D eigenvalue weighted by atomic mass is 15.1. The van der Waals surface area contributed by atoms with Gasteiger partial charge in [0.1, 0.15) is 0 Å². The van der Waals surface area contributed by atoms with Crippen LogP contribution in [0.3, 0.4) is 0 Å². The van der Waals surface area contributed by atoms with E-state index < -0.39 is 0 Å². The van der Waals surface area contributed by atoms with Gasteiger partial charge in [-0.2, -0.15) is 0 Å². The molecule has 1 nitrogen and oxygen atoms in total. The Morgan fingerprint density at radius 3 is 1.22 bits per heavy atom. The van der Waals surface area contributed by atoms with Gasteiger partial charge in [-0.15, -0.1) is 0 Å². The van der Waals surface area contributed by atoms with Crippen LogP contribution >= 0.6 is 0 Å². The molecule has 0 amide bonds. The van der Waals surface area contributed by atoms with Crippen LogP contribution in [-0.2, 0) is 0 Å². The minimum absolute atomic E-state index is 1.09. The van der Waals surface area contributed by atoms with E-state index in [9.17, 15) is 0 Å². The molecular weight excluding hydrogens is 783 g/mol. The third-order valence-electron chi connectivity index (χ3n) is 13.1. The fourth-order valence-corrected chi connectivity index (χ4v) is 9.95. The van der Waals surface area contributed by atoms with Crippen LogP contribution in [0.2, 0.25) is 0 Å². The number of rotatable bonds is 8. The Balaban J connectivity index is 1.00. The summed E-state index contributed by atoms with van der Waals surface area (Å²) in [5, 5.41) is 10.1. The lowest BCUT2D eigenvalue weighted by molar-refractivity contribution is 1.29. The normalized spacial score (nSPS) is 11.4. The maximum Gasteiger partial charge on any atom is 0.0468 e. The van der Waals surface area contributed by atoms with E-state index in [1.54, 1.807) is 0 Å². The number of hydrogen-bond acceptors (Lipinski definition) is 1. The van der Waals surface area contributed by atoms with Gasteiger partial charge >= 0.3 is 0 Å². The molecule has 0 heterocycles. The number of hydrogen-bond donors (Lipinski definition) is 0. The molecule has 12 rings (SSSR count). The molecule has 0 unspecified atom stereocenters. The molecule has 1 heteroatoms. The molecule has 304 valence electrons. The average Bonchev–Trinajstić information content (AvgIpc) is 3.39. The van der Waals surface area contributed by atoms with Gasteiger partial charge in [-0.25, -0.2) is 0 Å². The number of benzene rings is 12. The zero-order valence-corrected chi connectivity index (χ0v) is 35.8. The van der Waals surface area contributed by atoms with Crippen molar-refractivity contribution in [2.75, 3.05) is 4.90 Å². The van der Waals surface area contributed by atoms with Crippen molar-refractivity contribution in [3.8, 4) is 55.6 Å². The van der Waals surface area contributed by atoms with Crippen LogP contribution in [0.4, 0.5) is 17.1 Å². The van der Waals surface area contributed by atoms with Gasteiger partial charge in [0.25, 0.3) is 0 Å². The van der Waals surface area contributed by atoms with E-state index in [1.165, 1.54) is 98.7 Å². The molecule has 0 saturated heterocycles. The summed E-state index contributed by atoms with van der Waals surface area (Å²) in [5.41, 5.74) is 15.4. The first kappa shape index (κ1) is 38.2. The summed E-state index contributed by atoms with van der Waals surface area (Å²) in [5.74, 6) is 0. The monoisotopic (exact) mass is 825 g/mol. The average molecular weight is 826 g/mol. The zero-order valence-electron chi connectivity index (χ0n) is 35.8. The van der Waals surface area contributed by atoms with Crippen LogP contribution in [0.15, 0.2) is 261 Å². The van der Waals surface area contributed by atoms with E-state index >= 15 is 0 Å². The summed E-state index contributed by atoms with van der Waals surface area (Å²) in [6.07, 6.45) is 0. The van der Waals surface area contributed by atoms with Crippen LogP contribution in [0.1, 0.15) is 0 Å². The SMILES string of the molecule is c1ccc(-c2ccc(-c3ccc(N(c4ccc(-c5ccc6ccccc6c5-c5ccccc5)cc4)c4ccc5c6ccccc6c6ccccc6c5c4)cc3)cc2-c2ccccc2)cc1. The fourth-order valence-electron chi connectivity index (χ4n) is 9.95. The molecule has 65 heavy (non-hydrogen) atoms. The highest BCUT2D eigenvalue weighted by molar-refractivity contribution is 6.25. The minimum atomic E-state index is 1.09. The van der Waals surface area contributed by atoms with Gasteiger partial charge in [-0.05, 0) is 141 Å². The molecule has 0 fully saturated rings. The second-order valence-electron chi connectivity index (χ2n) is 16.8. The third-order valence-corrected chi connectivity index (χ3v) is 13.1. The summed E-state index contributed by atoms with van der Waals surface area (Å²) in [6.45, 7) is 0. The highest BCUT2D eigenvalue weighted by Crippen LogP contribution is 2.44. The van der Waals surface area contributed by atoms with Gasteiger partial charge < -0.3 is 4.90 Å². The summed E-state index contributed by atoms with van der Waals surface area (Å²) in [7, 11) is 0. The Labute approximate surface area is 379 Å². The van der Waals surface area contributed by atoms with E-state index in [4.69, 9.17) is 0 Å². The molecule has 0 aliphatic heterocycles. The van der Waals surface area contributed by atoms with Crippen molar-refractivity contribution in [2.45, 2.75) is 0 Å². The van der Waals surface area contributed by atoms with E-state index in [2.05, 4.69) is 266 Å². The van der Waals surface area contributed by atoms with E-state index in [-0.39, 0.29) is 0 Å². The molecule has 0 aromatic heterocycles. The summed E-state index contributed by atoms with van der Waals surface area (Å²) in [4.78, 5) is 2.41. The molecule has 0 aliphatic rings. The molecule has 0 saturated carbocycles. The lowest BCUT2D eigenvalue weighted by Crippen LogP contribution is -2.10. The maximum atomic E-state index is 2.41. The van der Waals surface area contributed by atoms with Gasteiger partial charge in [0, 0.05) is 17.1 Å². The second-order valence-corrected chi connectivity index (χ2v) is 16.8. The maximum absolute atomic E-state index is 2.41. The molecule has 0 atom stereocenters. The van der Waals surface area contributed by atoms with Crippen LogP contribution in [0.5, 0.6) is 0 Å². The van der Waals surface area contributed by atoms with Crippen LogP contribution in [0, 0.1) is 0 Å². The van der Waals surface area contributed by atoms with Gasteiger partial charge in [-0.3, -0.25) is 0 Å². The molecule has 0 N–H and O–H groups in total. The van der Waals surface area contributed by atoms with Gasteiger partial charge in [0.2, 0.25) is 0 Å². The molecule has 0 spiro atoms. The molecule has 0 aliphatic carbocycles. The number of fused-ring (bicyclic) bond motifs is 7. The van der Waals surface area contributed by atoms with Crippen molar-refractivity contribution >= 4 is 60.2 Å². The lowest BCUT2D eigenvalue weighted by atomic mass is 9.89. The van der Waals surface area contributed by atoms with Crippen LogP contribution in [0.25, 0.3) is 98.7 Å². The zero-order chi connectivity index (χ0) is 43.1. The fraction of sp³-hybridized carbons (Fsp3) is 0. The van der Waals surface area contributed by atoms with E-state index in [1.807, 2.05) is 0 Å². The first-order chi connectivity index (χ1) is 32.2. The Bertz CT molecular complexity index is 3630. The van der Waals surface area contributed by atoms with Crippen LogP contribution in [-0.4, -0.2) is 0 Å². The molecule has 12 aromatic carbocycles. The molecule has 0 bridgehead atoms. The van der Waals surface area contributed by atoms with Crippen molar-refractivity contribution in [1.82, 2.24) is 0 Å². The van der Waals surface area contributed by atoms with Gasteiger partial charge in [0.05, 0.1) is 0 Å². The molecule has 0 radical (unpaired) electrons. The van der Waals surface area contributed by atoms with Crippen molar-refractivity contribution in [1.29, 1.82) is 0 Å². The Morgan fingerprint density at radius 2 is 0.615 bits per heavy atom. The Morgan fingerprint density at radius 1 is 0.200 bits per heavy atom. The summed E-state index contributed by atoms with van der Waals surface area (Å²) < 4.78 is 0. The van der Waals surface area contributed by atoms with Crippen molar-refractivity contribution in [3.63, 3.8) is 0 Å². The van der Waals surface area contributed by atoms with Gasteiger partial charge in [0.15, 0.2) is 0 Å². The van der Waals surface area contributed by atoms with Gasteiger partial charge in [-0.1, -0.05) is 218 Å². The summed E-state index contributed by atoms with van der Waals surface area (Å²) in [6, 6.07) is 95.2. The lowest BCUT2D eigenvalue weighted by Gasteiger charge is -2.27. The Kier molecular flexibility index (Phi) is 9.58.